The number of aromatic nitrogens is 3. The molecule has 4 rings (SSSR count). The lowest BCUT2D eigenvalue weighted by Gasteiger charge is -2.49. The van der Waals surface area contributed by atoms with E-state index in [9.17, 15) is 24.6 Å². The molecule has 14 nitrogen and oxygen atoms in total. The average molecular weight is 524 g/mol. The van der Waals surface area contributed by atoms with Crippen LogP contribution in [0.2, 0.25) is 0 Å². The number of nitrogens with zero attached hydrogens (tertiary/aromatic N) is 5. The summed E-state index contributed by atoms with van der Waals surface area (Å²) in [6.07, 6.45) is 1.68. The van der Waals surface area contributed by atoms with Crippen molar-refractivity contribution < 1.29 is 34.1 Å². The Kier molecular flexibility index (Phi) is 6.95. The topological polar surface area (TPSA) is 202 Å². The molecule has 1 fully saturated rings. The second-order valence-electron chi connectivity index (χ2n) is 7.50. The Bertz CT molecular complexity index is 1240. The first-order valence-electron chi connectivity index (χ1n) is 10.3. The van der Waals surface area contributed by atoms with E-state index in [1.165, 1.54) is 29.2 Å². The van der Waals surface area contributed by atoms with Gasteiger partial charge in [0.2, 0.25) is 0 Å². The summed E-state index contributed by atoms with van der Waals surface area (Å²) >= 11 is 2.44. The minimum absolute atomic E-state index is 0.134. The van der Waals surface area contributed by atoms with Crippen molar-refractivity contribution >= 4 is 57.5 Å². The number of nitrogens with two attached hydrogens (primary N) is 2. The molecule has 2 aromatic rings. The average Bonchev–Trinajstić information content (AvgIpc) is 3.41. The number of oxime groups is 1. The van der Waals surface area contributed by atoms with E-state index >= 15 is 0 Å². The number of rotatable bonds is 9. The summed E-state index contributed by atoms with van der Waals surface area (Å²) in [5.74, 6) is -1.79. The van der Waals surface area contributed by atoms with Gasteiger partial charge in [0.1, 0.15) is 36.5 Å². The van der Waals surface area contributed by atoms with Crippen molar-refractivity contribution in [3.05, 3.63) is 34.6 Å². The van der Waals surface area contributed by atoms with Crippen molar-refractivity contribution in [2.24, 2.45) is 5.16 Å². The van der Waals surface area contributed by atoms with E-state index in [4.69, 9.17) is 16.3 Å². The minimum atomic E-state index is -1.25. The van der Waals surface area contributed by atoms with Gasteiger partial charge in [-0.15, -0.1) is 32.5 Å². The van der Waals surface area contributed by atoms with E-state index in [0.29, 0.717) is 17.1 Å². The number of hydrogen-bond acceptors (Lipinski definition) is 11. The molecule has 0 aliphatic carbocycles. The summed E-state index contributed by atoms with van der Waals surface area (Å²) in [7, 11) is 1.27. The molecule has 2 aliphatic heterocycles. The number of carbonyl (C=O) groups excluding carboxylic acids is 2. The third-order valence-electron chi connectivity index (χ3n) is 5.39. The molecule has 1 saturated heterocycles. The van der Waals surface area contributed by atoms with E-state index in [-0.39, 0.29) is 41.9 Å². The fourth-order valence-corrected chi connectivity index (χ4v) is 5.75. The Hall–Kier alpha value is -3.63. The van der Waals surface area contributed by atoms with E-state index in [1.807, 2.05) is 0 Å². The Balaban J connectivity index is 1.54. The smallest absolute Gasteiger partial charge is 0.352 e. The van der Waals surface area contributed by atoms with Crippen LogP contribution in [0, 0.1) is 0 Å². The molecular formula is C19H23N8O6S2+. The number of anilines is 2. The van der Waals surface area contributed by atoms with Crippen LogP contribution < -0.4 is 21.5 Å². The highest BCUT2D eigenvalue weighted by Gasteiger charge is 2.55. The number of nitrogen functional groups attached to an aromatic ring is 2. The highest BCUT2D eigenvalue weighted by molar-refractivity contribution is 8.00. The highest BCUT2D eigenvalue weighted by Crippen LogP contribution is 2.40. The number of carboxylic acids is 1. The lowest BCUT2D eigenvalue weighted by molar-refractivity contribution is -0.767. The Labute approximate surface area is 206 Å². The molecule has 2 unspecified atom stereocenters. The number of β-lactam (4-membered cyclic amide) rings is 1. The standard InChI is InChI=1S/C19H22N8O6S2/c1-33-24-12(10-8-35-19(21)22-10)15(29)23-13-16(30)27-14(18(31)32)9(7-34-17(13)27)6-25-3-2-11(20)26(25)4-5-28/h2-3,8,13,17,20,28H,4-7H2,1H3,(H4,21,22,23,29,31,32)/p+1/b24-12-. The van der Waals surface area contributed by atoms with Crippen LogP contribution in [0.4, 0.5) is 10.9 Å². The van der Waals surface area contributed by atoms with Crippen molar-refractivity contribution in [2.75, 3.05) is 30.9 Å². The Morgan fingerprint density at radius 1 is 1.43 bits per heavy atom. The number of aliphatic hydroxyl groups is 1. The van der Waals surface area contributed by atoms with Crippen LogP contribution in [0.1, 0.15) is 5.69 Å². The molecule has 0 saturated carbocycles. The number of nitrogens with one attached hydrogen (secondary N) is 1. The molecule has 2 amide bonds. The lowest BCUT2D eigenvalue weighted by Crippen LogP contribution is -2.71. The second kappa shape index (κ2) is 9.93. The molecule has 0 radical (unpaired) electrons. The van der Waals surface area contributed by atoms with Gasteiger partial charge in [-0.3, -0.25) is 14.5 Å². The van der Waals surface area contributed by atoms with Crippen molar-refractivity contribution in [1.82, 2.24) is 19.9 Å². The number of thioether (sulfide) groups is 1. The molecule has 2 atom stereocenters. The molecule has 0 bridgehead atoms. The van der Waals surface area contributed by atoms with Crippen molar-refractivity contribution in [3.8, 4) is 0 Å². The summed E-state index contributed by atoms with van der Waals surface area (Å²) in [6, 6.07) is 0.688. The zero-order valence-electron chi connectivity index (χ0n) is 18.4. The van der Waals surface area contributed by atoms with Crippen LogP contribution in [0.3, 0.4) is 0 Å². The number of amides is 2. The third kappa shape index (κ3) is 4.54. The maximum Gasteiger partial charge on any atom is 0.352 e. The number of thiazole rings is 1. The van der Waals surface area contributed by atoms with E-state index in [0.717, 1.165) is 11.3 Å². The number of fused-ring (bicyclic) bond motifs is 1. The molecular weight excluding hydrogens is 500 g/mol. The SMILES string of the molecule is CO/N=C(\C(=O)NC1C(=O)N2C(C(=O)O)=C(C[n+]3ccc(N)n3CCO)CSC12)c1csc(N)n1. The van der Waals surface area contributed by atoms with Gasteiger partial charge in [0.15, 0.2) is 29.4 Å². The summed E-state index contributed by atoms with van der Waals surface area (Å²) in [5, 5.41) is 26.7. The van der Waals surface area contributed by atoms with Crippen LogP contribution in [0.25, 0.3) is 0 Å². The van der Waals surface area contributed by atoms with Gasteiger partial charge in [-0.25, -0.2) is 9.78 Å². The predicted octanol–water partition coefficient (Wildman–Crippen LogP) is -1.82. The second-order valence-corrected chi connectivity index (χ2v) is 9.49. The van der Waals surface area contributed by atoms with Gasteiger partial charge in [-0.2, -0.15) is 0 Å². The molecule has 4 heterocycles. The van der Waals surface area contributed by atoms with Gasteiger partial charge in [-0.05, 0) is 0 Å². The molecule has 35 heavy (non-hydrogen) atoms. The first-order chi connectivity index (χ1) is 16.8. The number of hydrogen-bond donors (Lipinski definition) is 5. The van der Waals surface area contributed by atoms with Gasteiger partial charge >= 0.3 is 5.97 Å². The van der Waals surface area contributed by atoms with Crippen LogP contribution in [-0.4, -0.2) is 79.2 Å². The van der Waals surface area contributed by atoms with Crippen molar-refractivity contribution in [1.29, 1.82) is 0 Å². The summed E-state index contributed by atoms with van der Waals surface area (Å²) in [6.45, 7) is 0.251. The van der Waals surface area contributed by atoms with Crippen LogP contribution >= 0.6 is 23.1 Å². The first-order valence-corrected chi connectivity index (χ1v) is 12.2. The molecule has 7 N–H and O–H groups in total. The molecule has 2 aromatic heterocycles. The fourth-order valence-electron chi connectivity index (χ4n) is 3.87. The van der Waals surface area contributed by atoms with Crippen molar-refractivity contribution in [3.63, 3.8) is 0 Å². The first kappa shape index (κ1) is 24.5. The van der Waals surface area contributed by atoms with E-state index in [1.54, 1.807) is 21.6 Å². The Morgan fingerprint density at radius 3 is 2.83 bits per heavy atom. The number of carboxylic acid groups (broad SMARTS) is 1. The molecule has 16 heteroatoms. The molecule has 0 aromatic carbocycles. The van der Waals surface area contributed by atoms with Crippen LogP contribution in [0.15, 0.2) is 34.1 Å². The maximum absolute atomic E-state index is 13.0. The highest BCUT2D eigenvalue weighted by atomic mass is 32.2. The lowest BCUT2D eigenvalue weighted by atomic mass is 10.0. The normalized spacial score (nSPS) is 19.9. The zero-order valence-corrected chi connectivity index (χ0v) is 20.1. The predicted molar refractivity (Wildman–Crippen MR) is 126 cm³/mol. The van der Waals surface area contributed by atoms with Crippen LogP contribution in [-0.2, 0) is 32.3 Å². The minimum Gasteiger partial charge on any atom is -0.477 e. The van der Waals surface area contributed by atoms with Crippen LogP contribution in [0.5, 0.6) is 0 Å². The van der Waals surface area contributed by atoms with Gasteiger partial charge < -0.3 is 31.8 Å². The quantitative estimate of drug-likeness (QED) is 0.108. The Morgan fingerprint density at radius 2 is 2.20 bits per heavy atom. The van der Waals surface area contributed by atoms with E-state index < -0.39 is 29.2 Å². The summed E-state index contributed by atoms with van der Waals surface area (Å²) in [5.41, 5.74) is 12.0. The number of aliphatic carboxylic acids is 1. The third-order valence-corrected chi connectivity index (χ3v) is 7.40. The molecule has 0 spiro atoms. The van der Waals surface area contributed by atoms with Gasteiger partial charge in [0.05, 0.1) is 12.7 Å². The maximum atomic E-state index is 13.0. The van der Waals surface area contributed by atoms with Crippen molar-refractivity contribution in [2.45, 2.75) is 24.5 Å². The number of carbonyl (C=O) groups is 3. The summed E-state index contributed by atoms with van der Waals surface area (Å²) < 4.78 is 3.30. The fraction of sp³-hybridized carbons (Fsp3) is 0.368. The monoisotopic (exact) mass is 523 g/mol. The molecule has 2 aliphatic rings. The summed E-state index contributed by atoms with van der Waals surface area (Å²) in [4.78, 5) is 47.9. The zero-order chi connectivity index (χ0) is 25.3. The van der Waals surface area contributed by atoms with Gasteiger partial charge in [0, 0.05) is 16.7 Å². The van der Waals surface area contributed by atoms with E-state index in [2.05, 4.69) is 15.5 Å². The largest absolute Gasteiger partial charge is 0.477 e. The number of aliphatic hydroxyl groups excluding tert-OH is 1. The molecule has 186 valence electrons. The van der Waals surface area contributed by atoms with Gasteiger partial charge in [0.25, 0.3) is 11.8 Å². The van der Waals surface area contributed by atoms with Gasteiger partial charge in [-0.1, -0.05) is 5.16 Å².